The van der Waals surface area contributed by atoms with Crippen LogP contribution in [0.1, 0.15) is 52.4 Å². The molecule has 182 valence electrons. The summed E-state index contributed by atoms with van der Waals surface area (Å²) in [5.74, 6) is -1.73. The third-order valence-electron chi connectivity index (χ3n) is 6.20. The summed E-state index contributed by atoms with van der Waals surface area (Å²) >= 11 is 0. The number of halogens is 1. The van der Waals surface area contributed by atoms with E-state index < -0.39 is 23.2 Å². The highest BCUT2D eigenvalue weighted by molar-refractivity contribution is 6.07. The third kappa shape index (κ3) is 4.80. The number of hydrogen-bond donors (Lipinski definition) is 2. The van der Waals surface area contributed by atoms with Crippen molar-refractivity contribution in [3.05, 3.63) is 89.3 Å². The third-order valence-corrected chi connectivity index (χ3v) is 6.20. The minimum atomic E-state index is -1.16. The highest BCUT2D eigenvalue weighted by Gasteiger charge is 2.48. The second-order valence-corrected chi connectivity index (χ2v) is 8.74. The molecule has 35 heavy (non-hydrogen) atoms. The number of aromatic nitrogens is 2. The van der Waals surface area contributed by atoms with E-state index >= 15 is 0 Å². The van der Waals surface area contributed by atoms with Crippen LogP contribution in [0.5, 0.6) is 0 Å². The van der Waals surface area contributed by atoms with Gasteiger partial charge in [-0.15, -0.1) is 0 Å². The van der Waals surface area contributed by atoms with E-state index in [1.165, 1.54) is 17.3 Å². The number of fused-ring (bicyclic) bond motifs is 1. The topological polar surface area (TPSA) is 96.3 Å². The van der Waals surface area contributed by atoms with Gasteiger partial charge in [0.05, 0.1) is 12.9 Å². The number of nitrogens with one attached hydrogen (secondary N) is 2. The Morgan fingerprint density at radius 2 is 1.77 bits per heavy atom. The molecule has 0 aliphatic carbocycles. The highest BCUT2D eigenvalue weighted by Crippen LogP contribution is 2.29. The van der Waals surface area contributed by atoms with Crippen molar-refractivity contribution in [1.82, 2.24) is 25.1 Å². The van der Waals surface area contributed by atoms with E-state index in [-0.39, 0.29) is 30.4 Å². The number of hydrogen-bond acceptors (Lipinski definition) is 4. The number of imidazole rings is 1. The van der Waals surface area contributed by atoms with E-state index in [9.17, 15) is 18.8 Å². The molecule has 8 nitrogen and oxygen atoms in total. The fraction of sp³-hybridized carbons (Fsp3) is 0.308. The second kappa shape index (κ2) is 10.1. The molecule has 2 aromatic carbocycles. The Bertz CT molecular complexity index is 1240. The molecule has 9 heteroatoms. The first kappa shape index (κ1) is 24.1. The molecule has 0 fully saturated rings. The van der Waals surface area contributed by atoms with Gasteiger partial charge >= 0.3 is 0 Å². The van der Waals surface area contributed by atoms with Gasteiger partial charge in [0, 0.05) is 25.2 Å². The number of carbonyl (C=O) groups is 3. The van der Waals surface area contributed by atoms with Gasteiger partial charge in [-0.3, -0.25) is 14.4 Å². The van der Waals surface area contributed by atoms with Gasteiger partial charge in [-0.25, -0.2) is 9.37 Å². The van der Waals surface area contributed by atoms with Gasteiger partial charge in [0.1, 0.15) is 17.1 Å². The first-order valence-corrected chi connectivity index (χ1v) is 11.6. The van der Waals surface area contributed by atoms with Crippen molar-refractivity contribution in [3.8, 4) is 0 Å². The summed E-state index contributed by atoms with van der Waals surface area (Å²) in [5, 5.41) is 5.58. The molecule has 3 aromatic rings. The molecule has 2 heterocycles. The van der Waals surface area contributed by atoms with E-state index in [0.29, 0.717) is 25.1 Å². The van der Waals surface area contributed by atoms with Crippen molar-refractivity contribution in [2.75, 3.05) is 6.54 Å². The Morgan fingerprint density at radius 1 is 1.06 bits per heavy atom. The summed E-state index contributed by atoms with van der Waals surface area (Å²) in [4.78, 5) is 45.4. The van der Waals surface area contributed by atoms with Crippen LogP contribution in [0.4, 0.5) is 4.39 Å². The van der Waals surface area contributed by atoms with Crippen LogP contribution < -0.4 is 10.6 Å². The molecule has 4 rings (SSSR count). The standard InChI is InChI=1S/C26H28FN5O3/c1-3-13-32-24(34)22-21(23(33)28-15-19-11-7-8-12-20(19)27)30-17-31(22)16-26(32,2)25(35)29-14-18-9-5-4-6-10-18/h4-12,17H,3,13-16H2,1-2H3,(H,28,33)(H,29,35). The largest absolute Gasteiger partial charge is 0.350 e. The number of rotatable bonds is 8. The van der Waals surface area contributed by atoms with Crippen LogP contribution in [0.25, 0.3) is 0 Å². The van der Waals surface area contributed by atoms with Crippen molar-refractivity contribution in [2.45, 2.75) is 45.4 Å². The molecule has 0 saturated carbocycles. The molecule has 0 bridgehead atoms. The van der Waals surface area contributed by atoms with E-state index in [4.69, 9.17) is 0 Å². The van der Waals surface area contributed by atoms with Gasteiger partial charge in [0.2, 0.25) is 5.91 Å². The molecule has 0 spiro atoms. The van der Waals surface area contributed by atoms with Crippen LogP contribution in [0.3, 0.4) is 0 Å². The molecule has 1 aliphatic heterocycles. The Hall–Kier alpha value is -4.01. The van der Waals surface area contributed by atoms with Gasteiger partial charge in [-0.2, -0.15) is 0 Å². The van der Waals surface area contributed by atoms with Crippen molar-refractivity contribution in [2.24, 2.45) is 0 Å². The van der Waals surface area contributed by atoms with Crippen molar-refractivity contribution < 1.29 is 18.8 Å². The van der Waals surface area contributed by atoms with Crippen molar-refractivity contribution in [1.29, 1.82) is 0 Å². The fourth-order valence-electron chi connectivity index (χ4n) is 4.30. The lowest BCUT2D eigenvalue weighted by atomic mass is 9.94. The van der Waals surface area contributed by atoms with Crippen LogP contribution in [-0.4, -0.2) is 44.3 Å². The summed E-state index contributed by atoms with van der Waals surface area (Å²) in [6.45, 7) is 4.44. The Kier molecular flexibility index (Phi) is 6.95. The summed E-state index contributed by atoms with van der Waals surface area (Å²) in [6, 6.07) is 15.7. The molecule has 1 aliphatic rings. The van der Waals surface area contributed by atoms with Crippen LogP contribution in [-0.2, 0) is 24.4 Å². The summed E-state index contributed by atoms with van der Waals surface area (Å²) < 4.78 is 15.5. The number of amides is 3. The number of nitrogens with zero attached hydrogens (tertiary/aromatic N) is 3. The van der Waals surface area contributed by atoms with Gasteiger partial charge < -0.3 is 20.1 Å². The SMILES string of the molecule is CCCN1C(=O)c2c(C(=O)NCc3ccccc3F)ncn2CC1(C)C(=O)NCc1ccccc1. The first-order chi connectivity index (χ1) is 16.8. The number of carbonyl (C=O) groups excluding carboxylic acids is 3. The molecule has 0 radical (unpaired) electrons. The van der Waals surface area contributed by atoms with E-state index in [1.807, 2.05) is 37.3 Å². The molecule has 1 unspecified atom stereocenters. The zero-order valence-electron chi connectivity index (χ0n) is 19.8. The van der Waals surface area contributed by atoms with Crippen LogP contribution >= 0.6 is 0 Å². The second-order valence-electron chi connectivity index (χ2n) is 8.74. The van der Waals surface area contributed by atoms with E-state index in [2.05, 4.69) is 15.6 Å². The monoisotopic (exact) mass is 477 g/mol. The lowest BCUT2D eigenvalue weighted by Gasteiger charge is -2.43. The highest BCUT2D eigenvalue weighted by atomic mass is 19.1. The Morgan fingerprint density at radius 3 is 2.49 bits per heavy atom. The maximum Gasteiger partial charge on any atom is 0.273 e. The van der Waals surface area contributed by atoms with Crippen LogP contribution in [0, 0.1) is 5.82 Å². The predicted molar refractivity (Wildman–Crippen MR) is 128 cm³/mol. The summed E-state index contributed by atoms with van der Waals surface area (Å²) in [5.41, 5.74) is 0.203. The van der Waals surface area contributed by atoms with Crippen molar-refractivity contribution in [3.63, 3.8) is 0 Å². The fourth-order valence-corrected chi connectivity index (χ4v) is 4.30. The normalized spacial score (nSPS) is 17.1. The Labute approximate surface area is 203 Å². The summed E-state index contributed by atoms with van der Waals surface area (Å²) in [7, 11) is 0. The van der Waals surface area contributed by atoms with Crippen LogP contribution in [0.15, 0.2) is 60.9 Å². The Balaban J connectivity index is 1.55. The average molecular weight is 478 g/mol. The minimum Gasteiger partial charge on any atom is -0.350 e. The van der Waals surface area contributed by atoms with Gasteiger partial charge in [-0.1, -0.05) is 55.5 Å². The molecule has 0 saturated heterocycles. The van der Waals surface area contributed by atoms with E-state index in [1.54, 1.807) is 29.7 Å². The van der Waals surface area contributed by atoms with Crippen LogP contribution in [0.2, 0.25) is 0 Å². The van der Waals surface area contributed by atoms with E-state index in [0.717, 1.165) is 5.56 Å². The zero-order valence-corrected chi connectivity index (χ0v) is 19.8. The number of benzene rings is 2. The molecular weight excluding hydrogens is 449 g/mol. The average Bonchev–Trinajstić information content (AvgIpc) is 3.28. The molecule has 1 aromatic heterocycles. The van der Waals surface area contributed by atoms with Crippen molar-refractivity contribution >= 4 is 17.7 Å². The predicted octanol–water partition coefficient (Wildman–Crippen LogP) is 2.89. The van der Waals surface area contributed by atoms with Gasteiger partial charge in [-0.05, 0) is 25.0 Å². The smallest absolute Gasteiger partial charge is 0.273 e. The maximum atomic E-state index is 13.9. The lowest BCUT2D eigenvalue weighted by Crippen LogP contribution is -2.64. The molecular formula is C26H28FN5O3. The zero-order chi connectivity index (χ0) is 25.0. The molecule has 1 atom stereocenters. The van der Waals surface area contributed by atoms with Gasteiger partial charge in [0.15, 0.2) is 5.69 Å². The van der Waals surface area contributed by atoms with Gasteiger partial charge in [0.25, 0.3) is 11.8 Å². The molecule has 3 amide bonds. The maximum absolute atomic E-state index is 13.9. The minimum absolute atomic E-state index is 0.0374. The lowest BCUT2D eigenvalue weighted by molar-refractivity contribution is -0.133. The quantitative estimate of drug-likeness (QED) is 0.522. The molecule has 2 N–H and O–H groups in total. The first-order valence-electron chi connectivity index (χ1n) is 11.6. The summed E-state index contributed by atoms with van der Waals surface area (Å²) in [6.07, 6.45) is 2.04.